The van der Waals surface area contributed by atoms with Crippen LogP contribution in [0.2, 0.25) is 0 Å². The van der Waals surface area contributed by atoms with Crippen LogP contribution >= 0.6 is 34.4 Å². The van der Waals surface area contributed by atoms with E-state index in [4.69, 9.17) is 4.98 Å². The van der Waals surface area contributed by atoms with Crippen LogP contribution in [0, 0.1) is 13.8 Å². The number of rotatable bonds is 5. The lowest BCUT2D eigenvalue weighted by Gasteiger charge is -2.09. The van der Waals surface area contributed by atoms with Crippen LogP contribution in [0.4, 0.5) is 5.13 Å². The number of thiophene rings is 1. The second-order valence-corrected chi connectivity index (χ2v) is 8.52. The van der Waals surface area contributed by atoms with Crippen LogP contribution < -0.4 is 10.9 Å². The zero-order valence-electron chi connectivity index (χ0n) is 14.4. The molecule has 3 aromatic rings. The number of carbonyl (C=O) groups is 1. The average molecular weight is 395 g/mol. The Kier molecular flexibility index (Phi) is 5.26. The largest absolute Gasteiger partial charge is 0.302 e. The zero-order valence-corrected chi connectivity index (χ0v) is 16.8. The molecule has 0 aliphatic carbocycles. The molecule has 0 aliphatic rings. The van der Waals surface area contributed by atoms with Crippen molar-refractivity contribution in [3.05, 3.63) is 31.9 Å². The van der Waals surface area contributed by atoms with E-state index in [1.54, 1.807) is 15.9 Å². The SMILES string of the molecule is CCn1c(SCc2csc(NC(C)=O)n2)nc2sc(C)c(C)c2c1=O. The lowest BCUT2D eigenvalue weighted by molar-refractivity contribution is -0.114. The number of fused-ring (bicyclic) bond motifs is 1. The van der Waals surface area contributed by atoms with Gasteiger partial charge in [-0.3, -0.25) is 14.2 Å². The Balaban J connectivity index is 1.89. The van der Waals surface area contributed by atoms with E-state index in [9.17, 15) is 9.59 Å². The maximum atomic E-state index is 12.8. The number of aromatic nitrogens is 3. The summed E-state index contributed by atoms with van der Waals surface area (Å²) < 4.78 is 1.72. The predicted octanol–water partition coefficient (Wildman–Crippen LogP) is 3.80. The van der Waals surface area contributed by atoms with Gasteiger partial charge in [0.1, 0.15) is 4.83 Å². The van der Waals surface area contributed by atoms with E-state index in [2.05, 4.69) is 10.3 Å². The second kappa shape index (κ2) is 7.27. The van der Waals surface area contributed by atoms with Gasteiger partial charge in [-0.15, -0.1) is 22.7 Å². The lowest BCUT2D eigenvalue weighted by atomic mass is 10.2. The molecule has 25 heavy (non-hydrogen) atoms. The molecule has 0 aromatic carbocycles. The monoisotopic (exact) mass is 394 g/mol. The predicted molar refractivity (Wildman–Crippen MR) is 105 cm³/mol. The molecule has 1 N–H and O–H groups in total. The highest BCUT2D eigenvalue weighted by molar-refractivity contribution is 7.98. The molecule has 132 valence electrons. The van der Waals surface area contributed by atoms with E-state index in [0.717, 1.165) is 26.4 Å². The Morgan fingerprint density at radius 1 is 1.36 bits per heavy atom. The molecule has 6 nitrogen and oxygen atoms in total. The van der Waals surface area contributed by atoms with E-state index in [0.29, 0.717) is 22.6 Å². The van der Waals surface area contributed by atoms with Crippen LogP contribution in [-0.4, -0.2) is 20.4 Å². The molecule has 3 heterocycles. The number of anilines is 1. The number of nitrogens with one attached hydrogen (secondary N) is 1. The fraction of sp³-hybridized carbons (Fsp3) is 0.375. The van der Waals surface area contributed by atoms with Crippen molar-refractivity contribution in [1.29, 1.82) is 0 Å². The van der Waals surface area contributed by atoms with Gasteiger partial charge in [0.25, 0.3) is 5.56 Å². The van der Waals surface area contributed by atoms with Crippen molar-refractivity contribution < 1.29 is 4.79 Å². The lowest BCUT2D eigenvalue weighted by Crippen LogP contribution is -2.22. The number of amides is 1. The smallest absolute Gasteiger partial charge is 0.263 e. The van der Waals surface area contributed by atoms with E-state index in [1.807, 2.05) is 26.2 Å². The Hall–Kier alpha value is -1.71. The van der Waals surface area contributed by atoms with Gasteiger partial charge in [-0.2, -0.15) is 0 Å². The van der Waals surface area contributed by atoms with Crippen molar-refractivity contribution in [3.63, 3.8) is 0 Å². The van der Waals surface area contributed by atoms with Gasteiger partial charge in [-0.1, -0.05) is 11.8 Å². The Morgan fingerprint density at radius 3 is 2.80 bits per heavy atom. The summed E-state index contributed by atoms with van der Waals surface area (Å²) in [6.07, 6.45) is 0. The minimum atomic E-state index is -0.135. The number of nitrogens with zero attached hydrogens (tertiary/aromatic N) is 3. The quantitative estimate of drug-likeness (QED) is 0.526. The molecule has 0 unspecified atom stereocenters. The summed E-state index contributed by atoms with van der Waals surface area (Å²) in [5, 5.41) is 6.61. The standard InChI is InChI=1S/C16H18N4O2S3/c1-5-20-14(22)12-8(2)9(3)25-13(12)19-16(20)24-7-11-6-23-15(18-11)17-10(4)21/h6H,5,7H2,1-4H3,(H,17,18,21). The molecule has 9 heteroatoms. The molecule has 0 spiro atoms. The normalized spacial score (nSPS) is 11.2. The fourth-order valence-electron chi connectivity index (χ4n) is 2.42. The van der Waals surface area contributed by atoms with E-state index >= 15 is 0 Å². The summed E-state index contributed by atoms with van der Waals surface area (Å²) >= 11 is 4.44. The summed E-state index contributed by atoms with van der Waals surface area (Å²) in [5.41, 5.74) is 1.90. The van der Waals surface area contributed by atoms with E-state index in [-0.39, 0.29) is 11.5 Å². The third-order valence-electron chi connectivity index (χ3n) is 3.75. The Bertz CT molecular complexity index is 1000. The van der Waals surface area contributed by atoms with Gasteiger partial charge >= 0.3 is 0 Å². The van der Waals surface area contributed by atoms with E-state index < -0.39 is 0 Å². The molecule has 0 atom stereocenters. The maximum Gasteiger partial charge on any atom is 0.263 e. The van der Waals surface area contributed by atoms with Crippen molar-refractivity contribution in [1.82, 2.24) is 14.5 Å². The van der Waals surface area contributed by atoms with Crippen LogP contribution in [0.25, 0.3) is 10.2 Å². The van der Waals surface area contributed by atoms with Gasteiger partial charge in [0, 0.05) is 29.5 Å². The van der Waals surface area contributed by atoms with Gasteiger partial charge in [0.2, 0.25) is 5.91 Å². The number of thiazole rings is 1. The first-order valence-corrected chi connectivity index (χ1v) is 10.4. The van der Waals surface area contributed by atoms with Gasteiger partial charge in [0.15, 0.2) is 10.3 Å². The number of carbonyl (C=O) groups excluding carboxylic acids is 1. The first kappa shape index (κ1) is 18.1. The summed E-state index contributed by atoms with van der Waals surface area (Å²) in [6, 6.07) is 0. The summed E-state index contributed by atoms with van der Waals surface area (Å²) in [7, 11) is 0. The van der Waals surface area contributed by atoms with Crippen LogP contribution in [0.1, 0.15) is 30.0 Å². The number of hydrogen-bond donors (Lipinski definition) is 1. The van der Waals surface area contributed by atoms with Crippen LogP contribution in [-0.2, 0) is 17.1 Å². The number of aryl methyl sites for hydroxylation is 2. The fourth-order valence-corrected chi connectivity index (χ4v) is 5.31. The summed E-state index contributed by atoms with van der Waals surface area (Å²) in [4.78, 5) is 34.9. The van der Waals surface area contributed by atoms with Crippen LogP contribution in [0.3, 0.4) is 0 Å². The molecule has 0 bridgehead atoms. The van der Waals surface area contributed by atoms with Gasteiger partial charge in [0.05, 0.1) is 11.1 Å². The number of thioether (sulfide) groups is 1. The highest BCUT2D eigenvalue weighted by Crippen LogP contribution is 2.29. The Morgan fingerprint density at radius 2 is 2.12 bits per heavy atom. The van der Waals surface area contributed by atoms with Crippen molar-refractivity contribution in [2.45, 2.75) is 45.1 Å². The highest BCUT2D eigenvalue weighted by atomic mass is 32.2. The first-order valence-electron chi connectivity index (χ1n) is 7.76. The summed E-state index contributed by atoms with van der Waals surface area (Å²) in [5.74, 6) is 0.459. The van der Waals surface area contributed by atoms with E-state index in [1.165, 1.54) is 30.0 Å². The van der Waals surface area contributed by atoms with Crippen molar-refractivity contribution >= 4 is 55.7 Å². The molecule has 3 aromatic heterocycles. The molecular formula is C16H18N4O2S3. The Labute approximate surface area is 157 Å². The van der Waals surface area contributed by atoms with Gasteiger partial charge in [-0.25, -0.2) is 9.97 Å². The van der Waals surface area contributed by atoms with Crippen molar-refractivity contribution in [2.75, 3.05) is 5.32 Å². The highest BCUT2D eigenvalue weighted by Gasteiger charge is 2.16. The number of hydrogen-bond acceptors (Lipinski definition) is 7. The van der Waals surface area contributed by atoms with Crippen molar-refractivity contribution in [2.24, 2.45) is 0 Å². The topological polar surface area (TPSA) is 76.9 Å². The van der Waals surface area contributed by atoms with Gasteiger partial charge in [-0.05, 0) is 26.3 Å². The molecule has 0 radical (unpaired) electrons. The molecule has 1 amide bonds. The molecule has 0 saturated carbocycles. The molecule has 3 rings (SSSR count). The zero-order chi connectivity index (χ0) is 18.1. The molecule has 0 aliphatic heterocycles. The van der Waals surface area contributed by atoms with Crippen LogP contribution in [0.15, 0.2) is 15.3 Å². The minimum absolute atomic E-state index is 0.0223. The minimum Gasteiger partial charge on any atom is -0.302 e. The second-order valence-electron chi connectivity index (χ2n) is 5.52. The maximum absolute atomic E-state index is 12.8. The van der Waals surface area contributed by atoms with Crippen LogP contribution in [0.5, 0.6) is 0 Å². The average Bonchev–Trinajstić information content (AvgIpc) is 3.10. The third-order valence-corrected chi connectivity index (χ3v) is 6.67. The first-order chi connectivity index (χ1) is 11.9. The third kappa shape index (κ3) is 3.63. The van der Waals surface area contributed by atoms with Gasteiger partial charge < -0.3 is 5.32 Å². The van der Waals surface area contributed by atoms with Crippen molar-refractivity contribution in [3.8, 4) is 0 Å². The molecule has 0 saturated heterocycles. The summed E-state index contributed by atoms with van der Waals surface area (Å²) in [6.45, 7) is 7.98. The molecule has 0 fully saturated rings. The molecular weight excluding hydrogens is 376 g/mol.